The fraction of sp³-hybridized carbons (Fsp3) is 0.333. The summed E-state index contributed by atoms with van der Waals surface area (Å²) in [5.74, 6) is -1.81. The molecule has 6 heteroatoms. The zero-order valence-electron chi connectivity index (χ0n) is 10.1. The van der Waals surface area contributed by atoms with Gasteiger partial charge in [0.1, 0.15) is 0 Å². The van der Waals surface area contributed by atoms with E-state index in [0.717, 1.165) is 9.75 Å². The van der Waals surface area contributed by atoms with Crippen molar-refractivity contribution in [3.8, 4) is 0 Å². The summed E-state index contributed by atoms with van der Waals surface area (Å²) < 4.78 is 0. The van der Waals surface area contributed by atoms with Crippen LogP contribution in [0.4, 0.5) is 0 Å². The number of hydrogen-bond donors (Lipinski definition) is 3. The maximum Gasteiger partial charge on any atom is 0.328 e. The number of rotatable bonds is 5. The average Bonchev–Trinajstić information content (AvgIpc) is 2.68. The van der Waals surface area contributed by atoms with Crippen LogP contribution in [0, 0.1) is 6.92 Å². The molecule has 0 saturated heterocycles. The number of aryl methyl sites for hydroxylation is 1. The van der Waals surface area contributed by atoms with Crippen molar-refractivity contribution in [1.29, 1.82) is 0 Å². The monoisotopic (exact) mass is 269 g/mol. The van der Waals surface area contributed by atoms with E-state index in [1.54, 1.807) is 6.08 Å². The maximum atomic E-state index is 11.5. The number of amides is 1. The van der Waals surface area contributed by atoms with Gasteiger partial charge in [-0.05, 0) is 32.1 Å². The second-order valence-corrected chi connectivity index (χ2v) is 5.17. The molecule has 0 fully saturated rings. The van der Waals surface area contributed by atoms with Crippen LogP contribution in [0.25, 0.3) is 6.08 Å². The van der Waals surface area contributed by atoms with E-state index in [9.17, 15) is 14.7 Å². The predicted molar refractivity (Wildman–Crippen MR) is 69.3 cm³/mol. The molecule has 1 rings (SSSR count). The van der Waals surface area contributed by atoms with Crippen LogP contribution in [0.15, 0.2) is 18.2 Å². The van der Waals surface area contributed by atoms with Crippen LogP contribution >= 0.6 is 11.3 Å². The molecule has 0 spiro atoms. The van der Waals surface area contributed by atoms with E-state index in [1.807, 2.05) is 19.1 Å². The summed E-state index contributed by atoms with van der Waals surface area (Å²) in [5.41, 5.74) is 0. The number of carbonyl (C=O) groups excluding carboxylic acids is 1. The Morgan fingerprint density at radius 2 is 2.11 bits per heavy atom. The number of aliphatic carboxylic acids is 1. The largest absolute Gasteiger partial charge is 0.480 e. The molecule has 1 aromatic heterocycles. The third-order valence-corrected chi connectivity index (χ3v) is 3.17. The van der Waals surface area contributed by atoms with Gasteiger partial charge in [0.15, 0.2) is 6.04 Å². The zero-order chi connectivity index (χ0) is 13.7. The standard InChI is InChI=1S/C12H15NO4S/c1-7-3-4-9(18-7)5-6-10(15)13-11(8(2)14)12(16)17/h3-6,8,11,14H,1-2H3,(H,13,15)(H,16,17)/b6-5+/t8-,11+/m1/s1. The number of aliphatic hydroxyl groups is 1. The lowest BCUT2D eigenvalue weighted by Crippen LogP contribution is -2.47. The van der Waals surface area contributed by atoms with Crippen molar-refractivity contribution in [2.24, 2.45) is 0 Å². The van der Waals surface area contributed by atoms with Gasteiger partial charge in [-0.15, -0.1) is 11.3 Å². The molecule has 3 N–H and O–H groups in total. The predicted octanol–water partition coefficient (Wildman–Crippen LogP) is 1.02. The molecular weight excluding hydrogens is 254 g/mol. The van der Waals surface area contributed by atoms with Gasteiger partial charge in [0.05, 0.1) is 6.10 Å². The molecule has 1 amide bonds. The Bertz CT molecular complexity index is 464. The summed E-state index contributed by atoms with van der Waals surface area (Å²) in [6.07, 6.45) is 1.71. The highest BCUT2D eigenvalue weighted by molar-refractivity contribution is 7.12. The van der Waals surface area contributed by atoms with Crippen molar-refractivity contribution >= 4 is 29.3 Å². The van der Waals surface area contributed by atoms with Crippen LogP contribution in [0.1, 0.15) is 16.7 Å². The first kappa shape index (κ1) is 14.4. The van der Waals surface area contributed by atoms with Crippen LogP contribution in [-0.4, -0.2) is 34.2 Å². The summed E-state index contributed by atoms with van der Waals surface area (Å²) in [6, 6.07) is 2.50. The summed E-state index contributed by atoms with van der Waals surface area (Å²) >= 11 is 1.53. The van der Waals surface area contributed by atoms with E-state index in [4.69, 9.17) is 5.11 Å². The smallest absolute Gasteiger partial charge is 0.328 e. The molecule has 0 aliphatic rings. The molecule has 0 radical (unpaired) electrons. The third-order valence-electron chi connectivity index (χ3n) is 2.21. The van der Waals surface area contributed by atoms with E-state index >= 15 is 0 Å². The SMILES string of the molecule is Cc1ccc(/C=C/C(=O)N[C@H](C(=O)O)[C@@H](C)O)s1. The molecule has 0 bridgehead atoms. The number of aliphatic hydroxyl groups excluding tert-OH is 1. The zero-order valence-corrected chi connectivity index (χ0v) is 10.9. The number of hydrogen-bond acceptors (Lipinski definition) is 4. The van der Waals surface area contributed by atoms with Gasteiger partial charge < -0.3 is 15.5 Å². The lowest BCUT2D eigenvalue weighted by Gasteiger charge is -2.15. The first-order chi connectivity index (χ1) is 8.40. The normalized spacial score (nSPS) is 14.4. The summed E-state index contributed by atoms with van der Waals surface area (Å²) in [4.78, 5) is 24.3. The number of carboxylic acids is 1. The van der Waals surface area contributed by atoms with Gasteiger partial charge in [-0.3, -0.25) is 4.79 Å². The summed E-state index contributed by atoms with van der Waals surface area (Å²) in [7, 11) is 0. The molecule has 0 unspecified atom stereocenters. The van der Waals surface area contributed by atoms with Crippen LogP contribution in [0.3, 0.4) is 0 Å². The van der Waals surface area contributed by atoms with E-state index in [-0.39, 0.29) is 0 Å². The van der Waals surface area contributed by atoms with Crippen molar-refractivity contribution < 1.29 is 19.8 Å². The average molecular weight is 269 g/mol. The highest BCUT2D eigenvalue weighted by Gasteiger charge is 2.23. The highest BCUT2D eigenvalue weighted by Crippen LogP contribution is 2.16. The molecule has 0 aromatic carbocycles. The quantitative estimate of drug-likeness (QED) is 0.696. The molecule has 0 saturated carbocycles. The van der Waals surface area contributed by atoms with Gasteiger partial charge in [-0.25, -0.2) is 4.79 Å². The fourth-order valence-corrected chi connectivity index (χ4v) is 2.07. The van der Waals surface area contributed by atoms with Crippen molar-refractivity contribution in [2.45, 2.75) is 26.0 Å². The highest BCUT2D eigenvalue weighted by atomic mass is 32.1. The van der Waals surface area contributed by atoms with Crippen molar-refractivity contribution in [3.05, 3.63) is 28.0 Å². The third kappa shape index (κ3) is 4.31. The molecule has 1 aromatic rings. The molecule has 2 atom stereocenters. The minimum absolute atomic E-state index is 0.547. The van der Waals surface area contributed by atoms with Crippen molar-refractivity contribution in [3.63, 3.8) is 0 Å². The Kier molecular flexibility index (Phi) is 5.06. The summed E-state index contributed by atoms with van der Waals surface area (Å²) in [6.45, 7) is 3.27. The van der Waals surface area contributed by atoms with Gasteiger partial charge in [-0.1, -0.05) is 0 Å². The Morgan fingerprint density at radius 1 is 1.44 bits per heavy atom. The molecule has 0 aliphatic carbocycles. The van der Waals surface area contributed by atoms with Crippen molar-refractivity contribution in [1.82, 2.24) is 5.32 Å². The van der Waals surface area contributed by atoms with Gasteiger partial charge in [0.25, 0.3) is 0 Å². The second kappa shape index (κ2) is 6.32. The minimum Gasteiger partial charge on any atom is -0.480 e. The number of carboxylic acid groups (broad SMARTS) is 1. The van der Waals surface area contributed by atoms with Gasteiger partial charge >= 0.3 is 5.97 Å². The molecule has 18 heavy (non-hydrogen) atoms. The Morgan fingerprint density at radius 3 is 2.56 bits per heavy atom. The summed E-state index contributed by atoms with van der Waals surface area (Å²) in [5, 5.41) is 20.2. The van der Waals surface area contributed by atoms with E-state index < -0.39 is 24.0 Å². The van der Waals surface area contributed by atoms with Crippen LogP contribution in [0.5, 0.6) is 0 Å². The lowest BCUT2D eigenvalue weighted by molar-refractivity contribution is -0.144. The van der Waals surface area contributed by atoms with Gasteiger partial charge in [0.2, 0.25) is 5.91 Å². The first-order valence-electron chi connectivity index (χ1n) is 5.36. The van der Waals surface area contributed by atoms with E-state index in [2.05, 4.69) is 5.32 Å². The minimum atomic E-state index is -1.30. The number of nitrogens with one attached hydrogen (secondary N) is 1. The van der Waals surface area contributed by atoms with Crippen LogP contribution < -0.4 is 5.32 Å². The Balaban J connectivity index is 2.60. The van der Waals surface area contributed by atoms with Crippen LogP contribution in [-0.2, 0) is 9.59 Å². The maximum absolute atomic E-state index is 11.5. The van der Waals surface area contributed by atoms with E-state index in [0.29, 0.717) is 0 Å². The Hall–Kier alpha value is -1.66. The fourth-order valence-electron chi connectivity index (χ4n) is 1.29. The molecular formula is C12H15NO4S. The van der Waals surface area contributed by atoms with Gasteiger partial charge in [0, 0.05) is 15.8 Å². The first-order valence-corrected chi connectivity index (χ1v) is 6.17. The molecule has 5 nitrogen and oxygen atoms in total. The topological polar surface area (TPSA) is 86.6 Å². The van der Waals surface area contributed by atoms with Crippen molar-refractivity contribution in [2.75, 3.05) is 0 Å². The number of thiophene rings is 1. The Labute approximate surface area is 109 Å². The molecule has 1 heterocycles. The molecule has 98 valence electrons. The lowest BCUT2D eigenvalue weighted by atomic mass is 10.2. The number of carbonyl (C=O) groups is 2. The van der Waals surface area contributed by atoms with Crippen LogP contribution in [0.2, 0.25) is 0 Å². The van der Waals surface area contributed by atoms with E-state index in [1.165, 1.54) is 24.3 Å². The van der Waals surface area contributed by atoms with Gasteiger partial charge in [-0.2, -0.15) is 0 Å². The second-order valence-electron chi connectivity index (χ2n) is 3.85. The molecule has 0 aliphatic heterocycles.